The molecule has 0 unspecified atom stereocenters. The van der Waals surface area contributed by atoms with Crippen molar-refractivity contribution < 1.29 is 0 Å². The minimum atomic E-state index is 0.446. The quantitative estimate of drug-likeness (QED) is 0.603. The third-order valence-corrected chi connectivity index (χ3v) is 0.966. The van der Waals surface area contributed by atoms with Crippen LogP contribution < -0.4 is 5.73 Å². The summed E-state index contributed by atoms with van der Waals surface area (Å²) < 4.78 is 0. The number of aromatic nitrogens is 3. The number of nitrogen functional groups attached to an aromatic ring is 1. The predicted octanol–water partition coefficient (Wildman–Crippen LogP) is 0.436. The van der Waals surface area contributed by atoms with E-state index in [4.69, 9.17) is 5.73 Å². The van der Waals surface area contributed by atoms with Crippen molar-refractivity contribution in [2.75, 3.05) is 5.73 Å². The molecule has 0 radical (unpaired) electrons. The first-order valence-electron chi connectivity index (χ1n) is 2.98. The first-order chi connectivity index (χ1) is 4.68. The van der Waals surface area contributed by atoms with Gasteiger partial charge in [0, 0.05) is 0 Å². The maximum Gasteiger partial charge on any atom is 0.165 e. The van der Waals surface area contributed by atoms with Gasteiger partial charge in [-0.25, -0.2) is 0 Å². The van der Waals surface area contributed by atoms with Gasteiger partial charge in [0.15, 0.2) is 5.82 Å². The van der Waals surface area contributed by atoms with Gasteiger partial charge in [-0.3, -0.25) is 0 Å². The van der Waals surface area contributed by atoms with Gasteiger partial charge in [0.05, 0.1) is 12.7 Å². The molecule has 0 fully saturated rings. The lowest BCUT2D eigenvalue weighted by Gasteiger charge is -1.95. The zero-order valence-electron chi connectivity index (χ0n) is 5.91. The topological polar surface area (TPSA) is 56.7 Å². The van der Waals surface area contributed by atoms with Gasteiger partial charge in [-0.05, 0) is 6.92 Å². The summed E-state index contributed by atoms with van der Waals surface area (Å²) >= 11 is 0. The first kappa shape index (κ1) is 6.80. The van der Waals surface area contributed by atoms with Crippen molar-refractivity contribution >= 4 is 5.82 Å². The number of hydrogen-bond donors (Lipinski definition) is 1. The van der Waals surface area contributed by atoms with E-state index in [2.05, 4.69) is 16.8 Å². The fraction of sp³-hybridized carbons (Fsp3) is 0.333. The van der Waals surface area contributed by atoms with E-state index in [9.17, 15) is 0 Å². The second kappa shape index (κ2) is 2.51. The zero-order chi connectivity index (χ0) is 7.56. The number of allylic oxidation sites excluding steroid dienone is 1. The molecule has 0 amide bonds. The average molecular weight is 138 g/mol. The molecule has 54 valence electrons. The largest absolute Gasteiger partial charge is 0.381 e. The molecule has 1 rings (SSSR count). The second-order valence-corrected chi connectivity index (χ2v) is 2.26. The van der Waals surface area contributed by atoms with Crippen LogP contribution in [0, 0.1) is 0 Å². The molecule has 0 spiro atoms. The van der Waals surface area contributed by atoms with Gasteiger partial charge in [0.1, 0.15) is 0 Å². The SMILES string of the molecule is C=C(C)Cn1ncc(N)n1. The summed E-state index contributed by atoms with van der Waals surface area (Å²) in [5.74, 6) is 0.446. The molecule has 0 atom stereocenters. The molecule has 1 aromatic heterocycles. The van der Waals surface area contributed by atoms with Gasteiger partial charge in [-0.15, -0.1) is 5.10 Å². The van der Waals surface area contributed by atoms with Crippen LogP contribution in [0.25, 0.3) is 0 Å². The van der Waals surface area contributed by atoms with Gasteiger partial charge in [-0.1, -0.05) is 12.2 Å². The van der Waals surface area contributed by atoms with Crippen molar-refractivity contribution in [3.05, 3.63) is 18.3 Å². The summed E-state index contributed by atoms with van der Waals surface area (Å²) in [6.07, 6.45) is 1.52. The van der Waals surface area contributed by atoms with Crippen LogP contribution in [0.5, 0.6) is 0 Å². The van der Waals surface area contributed by atoms with Crippen LogP contribution in [-0.4, -0.2) is 15.0 Å². The van der Waals surface area contributed by atoms with Crippen LogP contribution in [0.4, 0.5) is 5.82 Å². The van der Waals surface area contributed by atoms with Crippen molar-refractivity contribution in [1.29, 1.82) is 0 Å². The maximum absolute atomic E-state index is 5.33. The molecule has 1 heterocycles. The van der Waals surface area contributed by atoms with Gasteiger partial charge in [0.25, 0.3) is 0 Å². The molecular weight excluding hydrogens is 128 g/mol. The molecule has 1 aromatic rings. The Bertz CT molecular complexity index is 238. The molecular formula is C6H10N4. The third kappa shape index (κ3) is 1.58. The van der Waals surface area contributed by atoms with Crippen molar-refractivity contribution in [2.24, 2.45) is 0 Å². The normalized spacial score (nSPS) is 9.70. The van der Waals surface area contributed by atoms with Gasteiger partial charge >= 0.3 is 0 Å². The Balaban J connectivity index is 2.67. The fourth-order valence-electron chi connectivity index (χ4n) is 0.628. The standard InChI is InChI=1S/C6H10N4/c1-5(2)4-10-8-3-6(7)9-10/h3H,1,4H2,2H3,(H2,7,9). The summed E-state index contributed by atoms with van der Waals surface area (Å²) in [6, 6.07) is 0. The molecule has 0 aromatic carbocycles. The second-order valence-electron chi connectivity index (χ2n) is 2.26. The fourth-order valence-corrected chi connectivity index (χ4v) is 0.628. The van der Waals surface area contributed by atoms with Crippen molar-refractivity contribution in [2.45, 2.75) is 13.5 Å². The van der Waals surface area contributed by atoms with E-state index in [0.29, 0.717) is 12.4 Å². The molecule has 2 N–H and O–H groups in total. The highest BCUT2D eigenvalue weighted by Crippen LogP contribution is 1.94. The van der Waals surface area contributed by atoms with E-state index in [1.165, 1.54) is 11.0 Å². The van der Waals surface area contributed by atoms with Crippen LogP contribution >= 0.6 is 0 Å². The molecule has 10 heavy (non-hydrogen) atoms. The number of rotatable bonds is 2. The van der Waals surface area contributed by atoms with E-state index in [-0.39, 0.29) is 0 Å². The van der Waals surface area contributed by atoms with Crippen molar-refractivity contribution in [1.82, 2.24) is 15.0 Å². The summed E-state index contributed by atoms with van der Waals surface area (Å²) in [5, 5.41) is 7.75. The molecule has 4 heteroatoms. The van der Waals surface area contributed by atoms with Gasteiger partial charge in [0.2, 0.25) is 0 Å². The van der Waals surface area contributed by atoms with Crippen molar-refractivity contribution in [3.63, 3.8) is 0 Å². The summed E-state index contributed by atoms with van der Waals surface area (Å²) in [4.78, 5) is 1.51. The highest BCUT2D eigenvalue weighted by Gasteiger charge is 1.93. The number of nitrogens with two attached hydrogens (primary N) is 1. The Morgan fingerprint density at radius 3 is 3.00 bits per heavy atom. The van der Waals surface area contributed by atoms with Crippen LogP contribution in [0.1, 0.15) is 6.92 Å². The number of nitrogens with zero attached hydrogens (tertiary/aromatic N) is 3. The Labute approximate surface area is 59.3 Å². The highest BCUT2D eigenvalue weighted by atomic mass is 15.5. The van der Waals surface area contributed by atoms with Crippen LogP contribution in [0.3, 0.4) is 0 Å². The van der Waals surface area contributed by atoms with Gasteiger partial charge in [-0.2, -0.15) is 9.90 Å². The van der Waals surface area contributed by atoms with Crippen LogP contribution in [0.15, 0.2) is 18.3 Å². The van der Waals surface area contributed by atoms with E-state index in [0.717, 1.165) is 5.57 Å². The Hall–Kier alpha value is -1.32. The van der Waals surface area contributed by atoms with Gasteiger partial charge < -0.3 is 5.73 Å². The molecule has 0 saturated carbocycles. The monoisotopic (exact) mass is 138 g/mol. The molecule has 0 aliphatic rings. The predicted molar refractivity (Wildman–Crippen MR) is 39.2 cm³/mol. The zero-order valence-corrected chi connectivity index (χ0v) is 5.91. The van der Waals surface area contributed by atoms with Crippen LogP contribution in [0.2, 0.25) is 0 Å². The summed E-state index contributed by atoms with van der Waals surface area (Å²) in [6.45, 7) is 6.27. The summed E-state index contributed by atoms with van der Waals surface area (Å²) in [7, 11) is 0. The Morgan fingerprint density at radius 1 is 1.90 bits per heavy atom. The smallest absolute Gasteiger partial charge is 0.165 e. The first-order valence-corrected chi connectivity index (χ1v) is 2.98. The lowest BCUT2D eigenvalue weighted by molar-refractivity contribution is 0.587. The molecule has 0 bridgehead atoms. The third-order valence-electron chi connectivity index (χ3n) is 0.966. The molecule has 0 aliphatic carbocycles. The highest BCUT2D eigenvalue weighted by molar-refractivity contribution is 5.19. The maximum atomic E-state index is 5.33. The minimum absolute atomic E-state index is 0.446. The lowest BCUT2D eigenvalue weighted by atomic mass is 10.4. The molecule has 4 nitrogen and oxygen atoms in total. The summed E-state index contributed by atoms with van der Waals surface area (Å²) in [5.41, 5.74) is 6.34. The van der Waals surface area contributed by atoms with Crippen molar-refractivity contribution in [3.8, 4) is 0 Å². The van der Waals surface area contributed by atoms with E-state index in [1.54, 1.807) is 0 Å². The van der Waals surface area contributed by atoms with E-state index >= 15 is 0 Å². The number of anilines is 1. The molecule has 0 saturated heterocycles. The Kier molecular flexibility index (Phi) is 1.71. The van der Waals surface area contributed by atoms with E-state index < -0.39 is 0 Å². The van der Waals surface area contributed by atoms with E-state index in [1.807, 2.05) is 6.92 Å². The lowest BCUT2D eigenvalue weighted by Crippen LogP contribution is -2.02. The average Bonchev–Trinajstić information content (AvgIpc) is 2.13. The van der Waals surface area contributed by atoms with Crippen LogP contribution in [-0.2, 0) is 6.54 Å². The number of hydrogen-bond acceptors (Lipinski definition) is 3. The molecule has 0 aliphatic heterocycles. The Morgan fingerprint density at radius 2 is 2.60 bits per heavy atom. The minimum Gasteiger partial charge on any atom is -0.381 e.